The van der Waals surface area contributed by atoms with Gasteiger partial charge in [-0.15, -0.1) is 0 Å². The first-order valence-corrected chi connectivity index (χ1v) is 10.6. The summed E-state index contributed by atoms with van der Waals surface area (Å²) in [7, 11) is 8.25. The first kappa shape index (κ1) is 24.3. The molecule has 0 radical (unpaired) electrons. The van der Waals surface area contributed by atoms with Crippen LogP contribution in [0.2, 0.25) is 0 Å². The lowest BCUT2D eigenvalue weighted by atomic mass is 10.0. The molecular weight excluding hydrogens is 429 g/mol. The van der Waals surface area contributed by atoms with E-state index in [9.17, 15) is 14.0 Å². The van der Waals surface area contributed by atoms with E-state index in [4.69, 9.17) is 14.2 Å². The second-order valence-corrected chi connectivity index (χ2v) is 8.07. The van der Waals surface area contributed by atoms with Crippen molar-refractivity contribution in [2.45, 2.75) is 12.5 Å². The van der Waals surface area contributed by atoms with Crippen LogP contribution < -0.4 is 24.4 Å². The highest BCUT2D eigenvalue weighted by Crippen LogP contribution is 2.42. The Kier molecular flexibility index (Phi) is 7.75. The molecule has 0 bridgehead atoms. The third kappa shape index (κ3) is 5.36. The lowest BCUT2D eigenvalue weighted by molar-refractivity contribution is -0.126. The maximum absolute atomic E-state index is 13.7. The predicted octanol–water partition coefficient (Wildman–Crippen LogP) is 2.62. The number of hydrogen-bond donors (Lipinski definition) is 1. The number of anilines is 1. The molecule has 0 saturated carbocycles. The molecule has 1 aliphatic rings. The Morgan fingerprint density at radius 3 is 2.36 bits per heavy atom. The number of ether oxygens (including phenoxy) is 3. The molecule has 178 valence electrons. The van der Waals surface area contributed by atoms with Gasteiger partial charge in [-0.05, 0) is 31.8 Å². The van der Waals surface area contributed by atoms with E-state index in [0.29, 0.717) is 29.5 Å². The van der Waals surface area contributed by atoms with Gasteiger partial charge in [-0.1, -0.05) is 12.1 Å². The summed E-state index contributed by atoms with van der Waals surface area (Å²) in [5.74, 6) is 0.0601. The average Bonchev–Trinajstić information content (AvgIpc) is 3.19. The number of hydrogen-bond acceptors (Lipinski definition) is 6. The van der Waals surface area contributed by atoms with Gasteiger partial charge in [0.15, 0.2) is 11.5 Å². The molecule has 0 spiro atoms. The lowest BCUT2D eigenvalue weighted by Gasteiger charge is -2.26. The summed E-state index contributed by atoms with van der Waals surface area (Å²) >= 11 is 0. The highest BCUT2D eigenvalue weighted by Gasteiger charge is 2.36. The van der Waals surface area contributed by atoms with Crippen molar-refractivity contribution in [1.29, 1.82) is 0 Å². The molecule has 0 unspecified atom stereocenters. The molecule has 2 aromatic rings. The van der Waals surface area contributed by atoms with Gasteiger partial charge in [-0.3, -0.25) is 9.59 Å². The van der Waals surface area contributed by atoms with Gasteiger partial charge in [-0.25, -0.2) is 4.39 Å². The number of nitrogens with one attached hydrogen (secondary N) is 1. The molecule has 1 N–H and O–H groups in total. The molecule has 1 fully saturated rings. The highest BCUT2D eigenvalue weighted by molar-refractivity contribution is 6.00. The van der Waals surface area contributed by atoms with Crippen LogP contribution in [0.5, 0.6) is 17.2 Å². The molecule has 2 aromatic carbocycles. The topological polar surface area (TPSA) is 80.3 Å². The number of methoxy groups -OCH3 is 3. The van der Waals surface area contributed by atoms with Gasteiger partial charge in [0.05, 0.1) is 39.0 Å². The van der Waals surface area contributed by atoms with E-state index in [-0.39, 0.29) is 36.6 Å². The van der Waals surface area contributed by atoms with Crippen LogP contribution >= 0.6 is 0 Å². The summed E-state index contributed by atoms with van der Waals surface area (Å²) in [5, 5.41) is 2.93. The third-order valence-corrected chi connectivity index (χ3v) is 5.78. The van der Waals surface area contributed by atoms with Gasteiger partial charge >= 0.3 is 0 Å². The highest BCUT2D eigenvalue weighted by atomic mass is 19.1. The van der Waals surface area contributed by atoms with Crippen molar-refractivity contribution in [2.24, 2.45) is 5.92 Å². The Balaban J connectivity index is 1.71. The summed E-state index contributed by atoms with van der Waals surface area (Å²) in [4.78, 5) is 29.1. The molecule has 33 heavy (non-hydrogen) atoms. The maximum Gasteiger partial charge on any atom is 0.227 e. The van der Waals surface area contributed by atoms with Crippen molar-refractivity contribution < 1.29 is 28.2 Å². The molecule has 9 heteroatoms. The predicted molar refractivity (Wildman–Crippen MR) is 122 cm³/mol. The number of carbonyl (C=O) groups is 2. The summed E-state index contributed by atoms with van der Waals surface area (Å²) in [6, 6.07) is 9.49. The second kappa shape index (κ2) is 10.5. The molecule has 0 aliphatic carbocycles. The van der Waals surface area contributed by atoms with Gasteiger partial charge in [-0.2, -0.15) is 0 Å². The Morgan fingerprint density at radius 2 is 1.82 bits per heavy atom. The number of carbonyl (C=O) groups excluding carboxylic acids is 2. The molecule has 8 nitrogen and oxygen atoms in total. The second-order valence-electron chi connectivity index (χ2n) is 8.07. The van der Waals surface area contributed by atoms with Crippen LogP contribution in [0.25, 0.3) is 0 Å². The number of benzene rings is 2. The van der Waals surface area contributed by atoms with E-state index in [1.165, 1.54) is 33.5 Å². The Hall–Kier alpha value is -3.33. The minimum atomic E-state index is -0.507. The van der Waals surface area contributed by atoms with Crippen molar-refractivity contribution in [1.82, 2.24) is 10.2 Å². The quantitative estimate of drug-likeness (QED) is 0.621. The van der Waals surface area contributed by atoms with Gasteiger partial charge in [0.2, 0.25) is 17.6 Å². The zero-order valence-electron chi connectivity index (χ0n) is 19.6. The number of amides is 2. The smallest absolute Gasteiger partial charge is 0.227 e. The molecule has 2 atom stereocenters. The van der Waals surface area contributed by atoms with Gasteiger partial charge in [0, 0.05) is 31.6 Å². The van der Waals surface area contributed by atoms with Crippen LogP contribution in [0.15, 0.2) is 36.4 Å². The fourth-order valence-electron chi connectivity index (χ4n) is 4.01. The van der Waals surface area contributed by atoms with Crippen LogP contribution in [-0.2, 0) is 9.59 Å². The number of halogens is 1. The zero-order chi connectivity index (χ0) is 24.1. The van der Waals surface area contributed by atoms with Crippen LogP contribution in [0, 0.1) is 11.7 Å². The Labute approximate surface area is 193 Å². The molecule has 0 aromatic heterocycles. The normalized spacial score (nSPS) is 16.6. The average molecular weight is 460 g/mol. The standard InChI is InChI=1S/C24H30FN3O5/c1-27(2)19(15-7-6-8-17(25)9-15)13-26-24(30)16-10-22(29)28(14-16)18-11-20(31-3)23(33-5)21(12-18)32-4/h6-9,11-12,16,19H,10,13-14H2,1-5H3,(H,26,30)/t16-,19+/m1/s1. The fourth-order valence-corrected chi connectivity index (χ4v) is 4.01. The third-order valence-electron chi connectivity index (χ3n) is 5.78. The molecule has 1 aliphatic heterocycles. The monoisotopic (exact) mass is 459 g/mol. The molecule has 3 rings (SSSR count). The minimum absolute atomic E-state index is 0.0924. The van der Waals surface area contributed by atoms with E-state index in [0.717, 1.165) is 5.56 Å². The summed E-state index contributed by atoms with van der Waals surface area (Å²) < 4.78 is 29.7. The Bertz CT molecular complexity index is 988. The van der Waals surface area contributed by atoms with Crippen LogP contribution in [0.4, 0.5) is 10.1 Å². The van der Waals surface area contributed by atoms with E-state index in [1.807, 2.05) is 25.1 Å². The van der Waals surface area contributed by atoms with Crippen molar-refractivity contribution in [3.63, 3.8) is 0 Å². The minimum Gasteiger partial charge on any atom is -0.493 e. The molecule has 2 amide bonds. The zero-order valence-corrected chi connectivity index (χ0v) is 19.6. The van der Waals surface area contributed by atoms with Gasteiger partial charge < -0.3 is 29.3 Å². The summed E-state index contributed by atoms with van der Waals surface area (Å²) in [6.07, 6.45) is 0.0924. The van der Waals surface area contributed by atoms with Gasteiger partial charge in [0.25, 0.3) is 0 Å². The first-order chi connectivity index (χ1) is 15.8. The van der Waals surface area contributed by atoms with Crippen LogP contribution in [-0.4, -0.2) is 65.2 Å². The van der Waals surface area contributed by atoms with Crippen LogP contribution in [0.3, 0.4) is 0 Å². The van der Waals surface area contributed by atoms with Gasteiger partial charge in [0.1, 0.15) is 5.82 Å². The molecule has 1 heterocycles. The number of nitrogens with zero attached hydrogens (tertiary/aromatic N) is 2. The SMILES string of the molecule is COc1cc(N2C[C@H](C(=O)NC[C@@H](c3cccc(F)c3)N(C)C)CC2=O)cc(OC)c1OC. The van der Waals surface area contributed by atoms with Crippen molar-refractivity contribution in [3.05, 3.63) is 47.8 Å². The largest absolute Gasteiger partial charge is 0.493 e. The van der Waals surface area contributed by atoms with Crippen molar-refractivity contribution in [2.75, 3.05) is 53.4 Å². The van der Waals surface area contributed by atoms with Crippen molar-refractivity contribution in [3.8, 4) is 17.2 Å². The van der Waals surface area contributed by atoms with E-state index in [2.05, 4.69) is 5.32 Å². The molecule has 1 saturated heterocycles. The summed E-state index contributed by atoms with van der Waals surface area (Å²) in [5.41, 5.74) is 1.33. The van der Waals surface area contributed by atoms with Crippen LogP contribution in [0.1, 0.15) is 18.0 Å². The van der Waals surface area contributed by atoms with E-state index in [1.54, 1.807) is 23.1 Å². The first-order valence-electron chi connectivity index (χ1n) is 10.6. The molecular formula is C24H30FN3O5. The van der Waals surface area contributed by atoms with Crippen molar-refractivity contribution >= 4 is 17.5 Å². The van der Waals surface area contributed by atoms with E-state index >= 15 is 0 Å². The van der Waals surface area contributed by atoms with E-state index < -0.39 is 5.92 Å². The number of likely N-dealkylation sites (N-methyl/N-ethyl adjacent to an activating group) is 1. The summed E-state index contributed by atoms with van der Waals surface area (Å²) in [6.45, 7) is 0.528. The number of rotatable bonds is 9. The fraction of sp³-hybridized carbons (Fsp3) is 0.417. The Morgan fingerprint density at radius 1 is 1.15 bits per heavy atom. The maximum atomic E-state index is 13.7. The lowest BCUT2D eigenvalue weighted by Crippen LogP contribution is -2.38.